The molecule has 0 aromatic carbocycles. The lowest BCUT2D eigenvalue weighted by molar-refractivity contribution is -0.448. The molecule has 0 atom stereocenters. The maximum atomic E-state index is 10.0. The Kier molecular flexibility index (Phi) is 0.759. The number of hydrogen-bond donors (Lipinski definition) is 1. The summed E-state index contributed by atoms with van der Waals surface area (Å²) in [6.45, 7) is 1.18. The van der Waals surface area contributed by atoms with Gasteiger partial charge in [-0.3, -0.25) is 5.32 Å². The fraction of sp³-hybridized carbons (Fsp3) is 0.667. The van der Waals surface area contributed by atoms with Crippen molar-refractivity contribution in [3.8, 4) is 0 Å². The monoisotopic (exact) mass is 86.0 g/mol. The lowest BCUT2D eigenvalue weighted by Gasteiger charge is -1.90. The minimum Gasteiger partial charge on any atom is -0.623 e. The molecule has 0 aromatic rings. The van der Waals surface area contributed by atoms with E-state index in [4.69, 9.17) is 0 Å². The molecule has 0 aliphatic carbocycles. The SMILES string of the molecule is [O-][N+]1=CCNC1. The average Bonchev–Trinajstić information content (AvgIpc) is 1.86. The van der Waals surface area contributed by atoms with E-state index in [-0.39, 0.29) is 0 Å². The van der Waals surface area contributed by atoms with Gasteiger partial charge in [-0.1, -0.05) is 0 Å². The third kappa shape index (κ3) is 0.490. The molecule has 0 spiro atoms. The maximum Gasteiger partial charge on any atom is 0.207 e. The molecule has 0 radical (unpaired) electrons. The number of hydroxylamine groups is 1. The molecular weight excluding hydrogens is 80.0 g/mol. The van der Waals surface area contributed by atoms with Crippen LogP contribution >= 0.6 is 0 Å². The van der Waals surface area contributed by atoms with Crippen molar-refractivity contribution in [2.24, 2.45) is 0 Å². The van der Waals surface area contributed by atoms with E-state index in [1.165, 1.54) is 0 Å². The molecule has 0 amide bonds. The highest BCUT2D eigenvalue weighted by Crippen LogP contribution is 1.69. The van der Waals surface area contributed by atoms with Gasteiger partial charge in [-0.15, -0.1) is 0 Å². The second-order valence-electron chi connectivity index (χ2n) is 1.21. The molecule has 6 heavy (non-hydrogen) atoms. The molecule has 0 bridgehead atoms. The predicted molar refractivity (Wildman–Crippen MR) is 22.6 cm³/mol. The quantitative estimate of drug-likeness (QED) is 0.307. The first-order valence-electron chi connectivity index (χ1n) is 1.87. The maximum absolute atomic E-state index is 10.0. The van der Waals surface area contributed by atoms with Crippen LogP contribution in [0.3, 0.4) is 0 Å². The van der Waals surface area contributed by atoms with Crippen LogP contribution in [0.1, 0.15) is 0 Å². The van der Waals surface area contributed by atoms with Gasteiger partial charge in [0.1, 0.15) is 0 Å². The van der Waals surface area contributed by atoms with Crippen LogP contribution in [0.5, 0.6) is 0 Å². The zero-order chi connectivity index (χ0) is 4.41. The molecule has 0 saturated heterocycles. The first-order chi connectivity index (χ1) is 2.89. The third-order valence-corrected chi connectivity index (χ3v) is 0.707. The Balaban J connectivity index is 2.45. The smallest absolute Gasteiger partial charge is 0.207 e. The van der Waals surface area contributed by atoms with Gasteiger partial charge in [0.2, 0.25) is 6.67 Å². The van der Waals surface area contributed by atoms with Crippen molar-refractivity contribution in [1.29, 1.82) is 0 Å². The van der Waals surface area contributed by atoms with Gasteiger partial charge < -0.3 is 5.21 Å². The van der Waals surface area contributed by atoms with Crippen molar-refractivity contribution >= 4 is 6.21 Å². The summed E-state index contributed by atoms with van der Waals surface area (Å²) in [6, 6.07) is 0. The Labute approximate surface area is 35.9 Å². The fourth-order valence-electron chi connectivity index (χ4n) is 0.406. The van der Waals surface area contributed by atoms with E-state index in [9.17, 15) is 5.21 Å². The summed E-state index contributed by atoms with van der Waals surface area (Å²) >= 11 is 0. The topological polar surface area (TPSA) is 38.1 Å². The molecule has 0 fully saturated rings. The average molecular weight is 86.1 g/mol. The summed E-state index contributed by atoms with van der Waals surface area (Å²) in [6.07, 6.45) is 1.57. The molecule has 3 nitrogen and oxygen atoms in total. The van der Waals surface area contributed by atoms with E-state index < -0.39 is 0 Å². The molecule has 1 N–H and O–H groups in total. The van der Waals surface area contributed by atoms with Crippen LogP contribution in [-0.2, 0) is 0 Å². The molecule has 3 heteroatoms. The van der Waals surface area contributed by atoms with Gasteiger partial charge in [-0.2, -0.15) is 0 Å². The largest absolute Gasteiger partial charge is 0.623 e. The lowest BCUT2D eigenvalue weighted by Crippen LogP contribution is -2.11. The predicted octanol–water partition coefficient (Wildman–Crippen LogP) is -0.872. The zero-order valence-corrected chi connectivity index (χ0v) is 3.35. The van der Waals surface area contributed by atoms with Crippen LogP contribution in [0.4, 0.5) is 0 Å². The Morgan fingerprint density at radius 2 is 2.67 bits per heavy atom. The Morgan fingerprint density at radius 3 is 2.83 bits per heavy atom. The minimum atomic E-state index is 0.458. The summed E-state index contributed by atoms with van der Waals surface area (Å²) in [5.74, 6) is 0. The van der Waals surface area contributed by atoms with Gasteiger partial charge in [-0.05, 0) is 0 Å². The highest BCUT2D eigenvalue weighted by Gasteiger charge is 1.97. The van der Waals surface area contributed by atoms with Gasteiger partial charge in [0.25, 0.3) is 0 Å². The van der Waals surface area contributed by atoms with Crippen molar-refractivity contribution in [3.05, 3.63) is 5.21 Å². The van der Waals surface area contributed by atoms with Crippen molar-refractivity contribution in [2.45, 2.75) is 0 Å². The van der Waals surface area contributed by atoms with Crippen LogP contribution in [0.2, 0.25) is 0 Å². The van der Waals surface area contributed by atoms with Crippen molar-refractivity contribution in [2.75, 3.05) is 13.2 Å². The van der Waals surface area contributed by atoms with Gasteiger partial charge >= 0.3 is 0 Å². The highest BCUT2D eigenvalue weighted by atomic mass is 16.5. The fourth-order valence-corrected chi connectivity index (χ4v) is 0.406. The van der Waals surface area contributed by atoms with E-state index >= 15 is 0 Å². The molecule has 1 aliphatic heterocycles. The molecule has 1 rings (SSSR count). The van der Waals surface area contributed by atoms with Crippen molar-refractivity contribution in [3.63, 3.8) is 0 Å². The highest BCUT2D eigenvalue weighted by molar-refractivity contribution is 5.54. The van der Waals surface area contributed by atoms with Crippen molar-refractivity contribution in [1.82, 2.24) is 5.32 Å². The summed E-state index contributed by atoms with van der Waals surface area (Å²) in [5, 5.41) is 12.9. The number of nitrogens with one attached hydrogen (secondary N) is 1. The van der Waals surface area contributed by atoms with E-state index in [0.717, 1.165) is 11.3 Å². The van der Waals surface area contributed by atoms with E-state index in [2.05, 4.69) is 5.32 Å². The minimum absolute atomic E-state index is 0.458. The van der Waals surface area contributed by atoms with Crippen LogP contribution < -0.4 is 5.32 Å². The molecule has 1 aliphatic rings. The number of hydrogen-bond acceptors (Lipinski definition) is 2. The molecule has 34 valence electrons. The van der Waals surface area contributed by atoms with Crippen LogP contribution in [-0.4, -0.2) is 24.2 Å². The lowest BCUT2D eigenvalue weighted by atomic mass is 10.8. The van der Waals surface area contributed by atoms with E-state index in [1.807, 2.05) is 0 Å². The summed E-state index contributed by atoms with van der Waals surface area (Å²) in [4.78, 5) is 0. The first-order valence-corrected chi connectivity index (χ1v) is 1.87. The zero-order valence-electron chi connectivity index (χ0n) is 3.35. The van der Waals surface area contributed by atoms with Gasteiger partial charge in [0, 0.05) is 0 Å². The third-order valence-electron chi connectivity index (χ3n) is 0.707. The standard InChI is InChI=1S/C3H6N2O/c6-5-2-1-4-3-5/h2,4H,1,3H2. The molecule has 0 saturated carbocycles. The van der Waals surface area contributed by atoms with Crippen LogP contribution in [0.15, 0.2) is 0 Å². The van der Waals surface area contributed by atoms with Crippen molar-refractivity contribution < 1.29 is 4.74 Å². The van der Waals surface area contributed by atoms with Gasteiger partial charge in [0.05, 0.1) is 6.54 Å². The van der Waals surface area contributed by atoms with Crippen LogP contribution in [0, 0.1) is 5.21 Å². The molecular formula is C3H6N2O. The van der Waals surface area contributed by atoms with E-state index in [0.29, 0.717) is 6.67 Å². The first kappa shape index (κ1) is 3.61. The molecule has 0 unspecified atom stereocenters. The summed E-state index contributed by atoms with van der Waals surface area (Å²) in [7, 11) is 0. The molecule has 0 aromatic heterocycles. The van der Waals surface area contributed by atoms with Crippen LogP contribution in [0.25, 0.3) is 0 Å². The Hall–Kier alpha value is -0.570. The van der Waals surface area contributed by atoms with Gasteiger partial charge in [-0.25, -0.2) is 4.74 Å². The second-order valence-corrected chi connectivity index (χ2v) is 1.21. The van der Waals surface area contributed by atoms with Gasteiger partial charge in [0.15, 0.2) is 6.21 Å². The Bertz CT molecular complexity index is 78.9. The normalized spacial score (nSPS) is 21.0. The number of nitrogens with zero attached hydrogens (tertiary/aromatic N) is 1. The second kappa shape index (κ2) is 1.26. The number of rotatable bonds is 0. The van der Waals surface area contributed by atoms with E-state index in [1.54, 1.807) is 6.21 Å². The molecule has 1 heterocycles. The summed E-state index contributed by atoms with van der Waals surface area (Å²) < 4.78 is 0.875. The Morgan fingerprint density at radius 1 is 1.83 bits per heavy atom. The summed E-state index contributed by atoms with van der Waals surface area (Å²) in [5.41, 5.74) is 0.